The monoisotopic (exact) mass is 941 g/mol. The highest BCUT2D eigenvalue weighted by Gasteiger charge is 2.53. The first kappa shape index (κ1) is 55.5. The first-order valence-corrected chi connectivity index (χ1v) is 24.1. The van der Waals surface area contributed by atoms with Crippen molar-refractivity contribution >= 4 is 23.3 Å². The number of aliphatic hydroxyl groups excluding tert-OH is 3. The van der Waals surface area contributed by atoms with Gasteiger partial charge >= 0.3 is 5.97 Å². The molecule has 0 aliphatic carbocycles. The zero-order valence-corrected chi connectivity index (χ0v) is 42.1. The number of aliphatic hydroxyl groups is 5. The zero-order chi connectivity index (χ0) is 48.6. The van der Waals surface area contributed by atoms with Crippen molar-refractivity contribution in [1.29, 1.82) is 0 Å². The second kappa shape index (κ2) is 24.0. The number of nitrogens with one attached hydrogen (secondary N) is 2. The minimum Gasteiger partial charge on any atom is -0.459 e. The molecule has 3 aliphatic rings. The van der Waals surface area contributed by atoms with Crippen LogP contribution in [0.15, 0.2) is 30.3 Å². The van der Waals surface area contributed by atoms with Gasteiger partial charge in [-0.2, -0.15) is 0 Å². The molecule has 0 unspecified atom stereocenters. The van der Waals surface area contributed by atoms with Gasteiger partial charge in [-0.1, -0.05) is 51.1 Å². The van der Waals surface area contributed by atoms with Crippen LogP contribution in [0, 0.1) is 17.8 Å². The number of cyclic esters (lactones) is 1. The molecular weight excluding hydrogens is 857 g/mol. The molecule has 16 nitrogen and oxygen atoms in total. The number of esters is 1. The van der Waals surface area contributed by atoms with Crippen LogP contribution in [0.2, 0.25) is 0 Å². The second-order valence-corrected chi connectivity index (χ2v) is 20.6. The summed E-state index contributed by atoms with van der Waals surface area (Å²) in [5.74, 6) is -2.76. The van der Waals surface area contributed by atoms with Gasteiger partial charge in [0.25, 0.3) is 0 Å². The van der Waals surface area contributed by atoms with E-state index < -0.39 is 96.0 Å². The van der Waals surface area contributed by atoms with E-state index in [1.807, 2.05) is 77.0 Å². The average molecular weight is 941 g/mol. The van der Waals surface area contributed by atoms with Crippen molar-refractivity contribution in [2.24, 2.45) is 17.8 Å². The van der Waals surface area contributed by atoms with Crippen LogP contribution >= 0.6 is 12.2 Å². The van der Waals surface area contributed by atoms with Gasteiger partial charge in [0.1, 0.15) is 30.0 Å². The highest BCUT2D eigenvalue weighted by atomic mass is 32.1. The molecular formula is C48H84N4O12S. The molecule has 0 saturated carbocycles. The van der Waals surface area contributed by atoms with Crippen LogP contribution in [-0.4, -0.2) is 178 Å². The van der Waals surface area contributed by atoms with Gasteiger partial charge in [-0.15, -0.1) is 0 Å². The Morgan fingerprint density at radius 2 is 1.62 bits per heavy atom. The molecule has 0 amide bonds. The fourth-order valence-corrected chi connectivity index (χ4v) is 10.4. The van der Waals surface area contributed by atoms with E-state index in [1.54, 1.807) is 34.6 Å². The largest absolute Gasteiger partial charge is 0.459 e. The van der Waals surface area contributed by atoms with E-state index in [-0.39, 0.29) is 37.3 Å². The Bertz CT molecular complexity index is 1630. The summed E-state index contributed by atoms with van der Waals surface area (Å²) >= 11 is 5.56. The van der Waals surface area contributed by atoms with Crippen LogP contribution < -0.4 is 10.6 Å². The molecule has 17 heteroatoms. The molecule has 7 N–H and O–H groups in total. The molecule has 65 heavy (non-hydrogen) atoms. The van der Waals surface area contributed by atoms with Crippen LogP contribution in [0.3, 0.4) is 0 Å². The molecule has 0 aromatic heterocycles. The van der Waals surface area contributed by atoms with E-state index in [9.17, 15) is 30.3 Å². The van der Waals surface area contributed by atoms with Crippen LogP contribution in [0.25, 0.3) is 0 Å². The van der Waals surface area contributed by atoms with Crippen molar-refractivity contribution in [2.45, 2.75) is 198 Å². The van der Waals surface area contributed by atoms with Gasteiger partial charge in [0.2, 0.25) is 0 Å². The summed E-state index contributed by atoms with van der Waals surface area (Å²) in [7, 11) is 5.28. The Kier molecular flexibility index (Phi) is 20.5. The molecule has 1 aromatic carbocycles. The SMILES string of the molecule is CC[C@H]1OC(=O)[C@H](C)[C@@H](O[C@@H]2C[C@@](C)(OC)[C@@H](O)[C@H](C)O2)[C@H](C)[C@@H](O[C@@H]2O[C@H](C)C[C@H](N(C)C)[C@H]2O)[C@](C)(O)C[C@@H](C)CN(CCCNC(=S)NCc2ccccc2)[C@H](C)[C@@H](O)[C@]1(C)O. The molecule has 0 radical (unpaired) electrons. The Hall–Kier alpha value is -2.10. The van der Waals surface area contributed by atoms with Gasteiger partial charge in [0.15, 0.2) is 17.7 Å². The highest BCUT2D eigenvalue weighted by Crippen LogP contribution is 2.40. The molecule has 3 heterocycles. The number of ether oxygens (including phenoxy) is 6. The first-order chi connectivity index (χ1) is 30.4. The smallest absolute Gasteiger partial charge is 0.311 e. The predicted molar refractivity (Wildman–Crippen MR) is 252 cm³/mol. The van der Waals surface area contributed by atoms with Crippen LogP contribution in [0.5, 0.6) is 0 Å². The number of hydrogen-bond acceptors (Lipinski definition) is 15. The van der Waals surface area contributed by atoms with Crippen molar-refractivity contribution in [1.82, 2.24) is 20.4 Å². The van der Waals surface area contributed by atoms with Crippen molar-refractivity contribution in [3.05, 3.63) is 35.9 Å². The third-order valence-corrected chi connectivity index (χ3v) is 14.5. The number of nitrogens with zero attached hydrogens (tertiary/aromatic N) is 2. The van der Waals surface area contributed by atoms with Crippen LogP contribution in [0.1, 0.15) is 107 Å². The van der Waals surface area contributed by atoms with Crippen molar-refractivity contribution < 1.29 is 58.7 Å². The summed E-state index contributed by atoms with van der Waals surface area (Å²) in [5, 5.41) is 66.9. The lowest BCUT2D eigenvalue weighted by Gasteiger charge is -2.48. The Balaban J connectivity index is 1.72. The maximum Gasteiger partial charge on any atom is 0.311 e. The number of likely N-dealkylation sites (N-methyl/N-ethyl adjacent to an activating group) is 1. The standard InChI is InChI=1S/C48H84N4O12S/c1-14-36-48(10,58)40(54)32(6)52(22-18-21-49-45(65)50-26-34-19-16-15-17-20-34)27-28(2)24-46(8,57)42(64-44-38(53)35(51(11)12)23-29(3)60-44)30(4)39(31(5)43(56)62-36)63-37-25-47(9,59-13)41(55)33(7)61-37/h15-17,19-20,28-33,35-42,44,53-55,57-58H,14,18,21-27H2,1-13H3,(H2,49,50,65)/t28-,29-,30+,31-,32-,33+,35+,36-,37-,38-,39+,40-,41+,42-,44+,46-,47-,48-/m1/s1. The molecule has 3 aliphatic heterocycles. The number of methoxy groups -OCH3 is 1. The molecule has 0 bridgehead atoms. The van der Waals surface area contributed by atoms with Crippen molar-refractivity contribution in [3.8, 4) is 0 Å². The van der Waals surface area contributed by atoms with E-state index in [4.69, 9.17) is 40.6 Å². The third-order valence-electron chi connectivity index (χ3n) is 14.2. The maximum absolute atomic E-state index is 14.5. The van der Waals surface area contributed by atoms with Crippen molar-refractivity contribution in [2.75, 3.05) is 40.8 Å². The summed E-state index contributed by atoms with van der Waals surface area (Å²) in [6.45, 7) is 19.7. The zero-order valence-electron chi connectivity index (χ0n) is 41.3. The van der Waals surface area contributed by atoms with Gasteiger partial charge in [0, 0.05) is 57.7 Å². The quantitative estimate of drug-likeness (QED) is 0.0862. The molecule has 18 atom stereocenters. The summed E-state index contributed by atoms with van der Waals surface area (Å²) in [6, 6.07) is 9.04. The summed E-state index contributed by atoms with van der Waals surface area (Å²) in [5.41, 5.74) is -3.44. The van der Waals surface area contributed by atoms with Gasteiger partial charge in [-0.25, -0.2) is 0 Å². The van der Waals surface area contributed by atoms with Gasteiger partial charge < -0.3 is 69.5 Å². The summed E-state index contributed by atoms with van der Waals surface area (Å²) < 4.78 is 38.1. The lowest BCUT2D eigenvalue weighted by atomic mass is 9.77. The van der Waals surface area contributed by atoms with E-state index in [1.165, 1.54) is 14.0 Å². The molecule has 4 rings (SSSR count). The summed E-state index contributed by atoms with van der Waals surface area (Å²) in [6.07, 6.45) is -8.07. The molecule has 3 fully saturated rings. The number of carbonyl (C=O) groups is 1. The second-order valence-electron chi connectivity index (χ2n) is 20.2. The normalized spacial score (nSPS) is 41.8. The van der Waals surface area contributed by atoms with E-state index in [0.29, 0.717) is 44.1 Å². The fourth-order valence-electron chi connectivity index (χ4n) is 10.2. The molecule has 3 saturated heterocycles. The fraction of sp³-hybridized carbons (Fsp3) is 0.833. The Morgan fingerprint density at radius 3 is 2.23 bits per heavy atom. The molecule has 374 valence electrons. The third kappa shape index (κ3) is 14.2. The summed E-state index contributed by atoms with van der Waals surface area (Å²) in [4.78, 5) is 18.6. The molecule has 0 spiro atoms. The maximum atomic E-state index is 14.5. The minimum atomic E-state index is -1.88. The number of rotatable bonds is 13. The number of thiocarbonyl (C=S) groups is 1. The van der Waals surface area contributed by atoms with Gasteiger partial charge in [-0.3, -0.25) is 9.69 Å². The lowest BCUT2D eigenvalue weighted by molar-refractivity contribution is -0.318. The topological polar surface area (TPSA) is 204 Å². The van der Waals surface area contributed by atoms with Crippen molar-refractivity contribution in [3.63, 3.8) is 0 Å². The van der Waals surface area contributed by atoms with Gasteiger partial charge in [-0.05, 0) is 112 Å². The Labute approximate surface area is 394 Å². The number of hydrogen-bond donors (Lipinski definition) is 7. The van der Waals surface area contributed by atoms with E-state index in [0.717, 1.165) is 5.56 Å². The number of carbonyl (C=O) groups excluding carboxylic acids is 1. The predicted octanol–water partition coefficient (Wildman–Crippen LogP) is 3.33. The minimum absolute atomic E-state index is 0.114. The number of benzene rings is 1. The van der Waals surface area contributed by atoms with Crippen LogP contribution in [0.4, 0.5) is 0 Å². The van der Waals surface area contributed by atoms with E-state index >= 15 is 0 Å². The lowest BCUT2D eigenvalue weighted by Crippen LogP contribution is -2.60. The highest BCUT2D eigenvalue weighted by molar-refractivity contribution is 7.80. The Morgan fingerprint density at radius 1 is 0.954 bits per heavy atom. The van der Waals surface area contributed by atoms with E-state index in [2.05, 4.69) is 15.5 Å². The first-order valence-electron chi connectivity index (χ1n) is 23.7. The molecule has 1 aromatic rings. The average Bonchev–Trinajstić information content (AvgIpc) is 3.25. The van der Waals surface area contributed by atoms with Gasteiger partial charge in [0.05, 0.1) is 41.5 Å². The van der Waals surface area contributed by atoms with Crippen LogP contribution in [-0.2, 0) is 39.8 Å².